The molecule has 5 atom stereocenters. The van der Waals surface area contributed by atoms with E-state index in [1.54, 1.807) is 0 Å². The molecule has 14 heavy (non-hydrogen) atoms. The molecule has 0 N–H and O–H groups in total. The molecule has 2 aliphatic carbocycles. The van der Waals surface area contributed by atoms with E-state index in [2.05, 4.69) is 36.7 Å². The molecular formula is C12H19BrO. The quantitative estimate of drug-likeness (QED) is 0.607. The zero-order valence-corrected chi connectivity index (χ0v) is 10.8. The molecule has 1 heterocycles. The summed E-state index contributed by atoms with van der Waals surface area (Å²) in [7, 11) is 0. The van der Waals surface area contributed by atoms with E-state index in [1.807, 2.05) is 0 Å². The molecule has 3 fully saturated rings. The number of alkyl halides is 1. The van der Waals surface area contributed by atoms with Crippen molar-refractivity contribution in [2.45, 2.75) is 44.5 Å². The number of hydrogen-bond donors (Lipinski definition) is 0. The van der Waals surface area contributed by atoms with Gasteiger partial charge in [-0.1, -0.05) is 36.7 Å². The molecule has 5 unspecified atom stereocenters. The summed E-state index contributed by atoms with van der Waals surface area (Å²) in [4.78, 5) is 0.610. The number of ether oxygens (including phenoxy) is 1. The lowest BCUT2D eigenvalue weighted by atomic mass is 9.70. The molecule has 0 spiro atoms. The summed E-state index contributed by atoms with van der Waals surface area (Å²) in [5.41, 5.74) is 0.916. The topological polar surface area (TPSA) is 9.23 Å². The summed E-state index contributed by atoms with van der Waals surface area (Å²) in [5, 5.41) is 0. The number of rotatable bonds is 0. The van der Waals surface area contributed by atoms with Crippen molar-refractivity contribution in [3.05, 3.63) is 0 Å². The molecule has 3 rings (SSSR count). The normalized spacial score (nSPS) is 59.1. The van der Waals surface area contributed by atoms with E-state index in [0.29, 0.717) is 21.8 Å². The van der Waals surface area contributed by atoms with Gasteiger partial charge in [-0.3, -0.25) is 0 Å². The summed E-state index contributed by atoms with van der Waals surface area (Å²) in [6.07, 6.45) is 3.31. The fourth-order valence-electron chi connectivity index (χ4n) is 4.42. The van der Waals surface area contributed by atoms with Crippen molar-refractivity contribution in [3.63, 3.8) is 0 Å². The molecule has 80 valence electrons. The highest BCUT2D eigenvalue weighted by atomic mass is 79.9. The highest BCUT2D eigenvalue weighted by Crippen LogP contribution is 2.70. The molecule has 0 amide bonds. The molecule has 1 saturated heterocycles. The predicted molar refractivity (Wildman–Crippen MR) is 60.6 cm³/mol. The van der Waals surface area contributed by atoms with Gasteiger partial charge in [0.2, 0.25) is 0 Å². The van der Waals surface area contributed by atoms with Gasteiger partial charge >= 0.3 is 0 Å². The van der Waals surface area contributed by atoms with Crippen LogP contribution in [0, 0.1) is 22.7 Å². The maximum atomic E-state index is 6.01. The van der Waals surface area contributed by atoms with Crippen molar-refractivity contribution in [3.8, 4) is 0 Å². The van der Waals surface area contributed by atoms with Crippen LogP contribution in [0.25, 0.3) is 0 Å². The van der Waals surface area contributed by atoms with Gasteiger partial charge in [0.1, 0.15) is 0 Å². The lowest BCUT2D eigenvalue weighted by Gasteiger charge is -2.38. The second-order valence-corrected chi connectivity index (χ2v) is 7.31. The Morgan fingerprint density at radius 1 is 1.29 bits per heavy atom. The summed E-state index contributed by atoms with van der Waals surface area (Å²) in [5.74, 6) is 1.66. The van der Waals surface area contributed by atoms with Crippen LogP contribution < -0.4 is 0 Å². The lowest BCUT2D eigenvalue weighted by molar-refractivity contribution is -0.0229. The van der Waals surface area contributed by atoms with Crippen LogP contribution in [0.1, 0.15) is 33.6 Å². The van der Waals surface area contributed by atoms with Crippen molar-refractivity contribution >= 4 is 15.9 Å². The Labute approximate surface area is 94.7 Å². The molecule has 2 saturated carbocycles. The van der Waals surface area contributed by atoms with Gasteiger partial charge < -0.3 is 4.74 Å². The highest BCUT2D eigenvalue weighted by Gasteiger charge is 2.69. The Kier molecular flexibility index (Phi) is 1.77. The summed E-state index contributed by atoms with van der Waals surface area (Å²) >= 11 is 3.80. The van der Waals surface area contributed by atoms with E-state index < -0.39 is 0 Å². The third-order valence-corrected chi connectivity index (χ3v) is 6.54. The van der Waals surface area contributed by atoms with Crippen LogP contribution in [-0.2, 0) is 4.74 Å². The maximum absolute atomic E-state index is 6.01. The molecule has 0 aromatic carbocycles. The minimum atomic E-state index is 0.435. The van der Waals surface area contributed by atoms with Crippen LogP contribution in [0.15, 0.2) is 0 Å². The van der Waals surface area contributed by atoms with Crippen LogP contribution >= 0.6 is 15.9 Å². The van der Waals surface area contributed by atoms with Gasteiger partial charge in [0.25, 0.3) is 0 Å². The van der Waals surface area contributed by atoms with Crippen molar-refractivity contribution < 1.29 is 4.74 Å². The van der Waals surface area contributed by atoms with Gasteiger partial charge in [-0.05, 0) is 29.6 Å². The predicted octanol–water partition coefficient (Wildman–Crippen LogP) is 3.22. The molecule has 1 nitrogen and oxygen atoms in total. The van der Waals surface area contributed by atoms with Gasteiger partial charge in [-0.15, -0.1) is 0 Å². The number of halogens is 1. The van der Waals surface area contributed by atoms with E-state index >= 15 is 0 Å². The Balaban J connectivity index is 2.06. The second-order valence-electron chi connectivity index (χ2n) is 6.13. The molecule has 0 aromatic rings. The lowest BCUT2D eigenvalue weighted by Crippen LogP contribution is -2.37. The van der Waals surface area contributed by atoms with Crippen LogP contribution in [0.5, 0.6) is 0 Å². The smallest absolute Gasteiger partial charge is 0.0676 e. The van der Waals surface area contributed by atoms with Crippen molar-refractivity contribution in [1.29, 1.82) is 0 Å². The number of fused-ring (bicyclic) bond motifs is 5. The standard InChI is InChI=1S/C12H19BrO/c1-11(2)7-4-5-12(11,3)10-9(7)8(13)6-14-10/h7-10H,4-6H2,1-3H3. The van der Waals surface area contributed by atoms with E-state index in [9.17, 15) is 0 Å². The molecule has 2 heteroatoms. The first-order valence-corrected chi connectivity index (χ1v) is 6.66. The van der Waals surface area contributed by atoms with Gasteiger partial charge in [0.05, 0.1) is 12.7 Å². The third-order valence-electron chi connectivity index (χ3n) is 5.67. The fourth-order valence-corrected chi connectivity index (χ4v) is 5.22. The Bertz CT molecular complexity index is 271. The maximum Gasteiger partial charge on any atom is 0.0676 e. The van der Waals surface area contributed by atoms with Crippen LogP contribution in [0.2, 0.25) is 0 Å². The summed E-state index contributed by atoms with van der Waals surface area (Å²) in [6.45, 7) is 8.28. The Hall–Kier alpha value is 0.440. The first-order valence-electron chi connectivity index (χ1n) is 5.74. The SMILES string of the molecule is CC1(C)C2CCC1(C)C1OCC(Br)C21. The van der Waals surface area contributed by atoms with E-state index in [4.69, 9.17) is 4.74 Å². The molecule has 0 aromatic heterocycles. The van der Waals surface area contributed by atoms with Gasteiger partial charge in [-0.25, -0.2) is 0 Å². The summed E-state index contributed by atoms with van der Waals surface area (Å²) < 4.78 is 6.01. The number of hydrogen-bond acceptors (Lipinski definition) is 1. The van der Waals surface area contributed by atoms with E-state index in [1.165, 1.54) is 12.8 Å². The highest BCUT2D eigenvalue weighted by molar-refractivity contribution is 9.09. The van der Waals surface area contributed by atoms with Crippen LogP contribution in [0.3, 0.4) is 0 Å². The average Bonchev–Trinajstić information content (AvgIpc) is 2.63. The second kappa shape index (κ2) is 2.57. The minimum Gasteiger partial charge on any atom is -0.376 e. The largest absolute Gasteiger partial charge is 0.376 e. The molecule has 0 radical (unpaired) electrons. The first-order chi connectivity index (χ1) is 6.48. The van der Waals surface area contributed by atoms with Gasteiger partial charge in [0, 0.05) is 10.7 Å². The van der Waals surface area contributed by atoms with Gasteiger partial charge in [0.15, 0.2) is 0 Å². The molecular weight excluding hydrogens is 240 g/mol. The molecule has 3 aliphatic rings. The Morgan fingerprint density at radius 2 is 2.00 bits per heavy atom. The average molecular weight is 259 g/mol. The Morgan fingerprint density at radius 3 is 2.64 bits per heavy atom. The van der Waals surface area contributed by atoms with Crippen LogP contribution in [-0.4, -0.2) is 17.5 Å². The first kappa shape index (κ1) is 9.65. The van der Waals surface area contributed by atoms with Crippen molar-refractivity contribution in [2.24, 2.45) is 22.7 Å². The molecule has 2 bridgehead atoms. The van der Waals surface area contributed by atoms with Crippen molar-refractivity contribution in [1.82, 2.24) is 0 Å². The molecule has 1 aliphatic heterocycles. The van der Waals surface area contributed by atoms with Gasteiger partial charge in [-0.2, -0.15) is 0 Å². The monoisotopic (exact) mass is 258 g/mol. The van der Waals surface area contributed by atoms with E-state index in [0.717, 1.165) is 18.4 Å². The zero-order chi connectivity index (χ0) is 10.1. The fraction of sp³-hybridized carbons (Fsp3) is 1.00. The summed E-state index contributed by atoms with van der Waals surface area (Å²) in [6, 6.07) is 0. The minimum absolute atomic E-state index is 0.435. The van der Waals surface area contributed by atoms with E-state index in [-0.39, 0.29) is 0 Å². The zero-order valence-electron chi connectivity index (χ0n) is 9.22. The van der Waals surface area contributed by atoms with Crippen molar-refractivity contribution in [2.75, 3.05) is 6.61 Å². The van der Waals surface area contributed by atoms with Crippen LogP contribution in [0.4, 0.5) is 0 Å². The third kappa shape index (κ3) is 0.824.